The number of fused-ring (bicyclic) bond motifs is 3. The van der Waals surface area contributed by atoms with Crippen LogP contribution in [0.5, 0.6) is 0 Å². The van der Waals surface area contributed by atoms with Crippen molar-refractivity contribution in [1.82, 2.24) is 24.6 Å². The summed E-state index contributed by atoms with van der Waals surface area (Å²) in [5.74, 6) is 3.10. The molecule has 0 aliphatic carbocycles. The summed E-state index contributed by atoms with van der Waals surface area (Å²) in [6.45, 7) is 5.92. The van der Waals surface area contributed by atoms with Gasteiger partial charge in [0.2, 0.25) is 5.91 Å². The number of halogens is 1. The topological polar surface area (TPSA) is 67.2 Å². The minimum absolute atomic E-state index is 0.0140. The first-order chi connectivity index (χ1) is 15.0. The van der Waals surface area contributed by atoms with Gasteiger partial charge in [0, 0.05) is 37.2 Å². The molecular formula is C23H25ClN6O. The van der Waals surface area contributed by atoms with Gasteiger partial charge in [-0.3, -0.25) is 9.36 Å². The van der Waals surface area contributed by atoms with Gasteiger partial charge in [0.05, 0.1) is 18.3 Å². The van der Waals surface area contributed by atoms with Gasteiger partial charge in [-0.2, -0.15) is 0 Å². The molecule has 8 heteroatoms. The largest absolute Gasteiger partial charge is 0.357 e. The number of hydrogen-bond donors (Lipinski definition) is 0. The van der Waals surface area contributed by atoms with Gasteiger partial charge >= 0.3 is 0 Å². The van der Waals surface area contributed by atoms with Crippen molar-refractivity contribution in [3.05, 3.63) is 64.8 Å². The summed E-state index contributed by atoms with van der Waals surface area (Å²) >= 11 is 6.33. The molecular weight excluding hydrogens is 412 g/mol. The van der Waals surface area contributed by atoms with Crippen LogP contribution in [0.2, 0.25) is 5.02 Å². The van der Waals surface area contributed by atoms with Crippen LogP contribution in [0.15, 0.2) is 42.6 Å². The zero-order chi connectivity index (χ0) is 21.5. The van der Waals surface area contributed by atoms with Crippen molar-refractivity contribution in [2.45, 2.75) is 45.2 Å². The summed E-state index contributed by atoms with van der Waals surface area (Å²) in [7, 11) is 0. The number of benzene rings is 1. The number of aromatic nitrogens is 4. The van der Waals surface area contributed by atoms with Gasteiger partial charge < -0.3 is 9.80 Å². The molecule has 2 aromatic heterocycles. The third-order valence-electron chi connectivity index (χ3n) is 6.45. The lowest BCUT2D eigenvalue weighted by molar-refractivity contribution is -0.131. The van der Waals surface area contributed by atoms with Crippen molar-refractivity contribution in [2.24, 2.45) is 0 Å². The Bertz CT molecular complexity index is 1110. The van der Waals surface area contributed by atoms with Gasteiger partial charge in [0.15, 0.2) is 5.82 Å². The van der Waals surface area contributed by atoms with E-state index in [2.05, 4.69) is 30.7 Å². The quantitative estimate of drug-likeness (QED) is 0.604. The second-order valence-electron chi connectivity index (χ2n) is 8.29. The molecule has 5 rings (SSSR count). The molecule has 0 radical (unpaired) electrons. The number of anilines is 1. The SMILES string of the molecule is CC(=O)N1Cc2nnc(C3CCN(c4ccccn4)CC3)n2-c2ccc(Cl)cc2C1C. The molecule has 2 aliphatic heterocycles. The van der Waals surface area contributed by atoms with Crippen molar-refractivity contribution < 1.29 is 4.79 Å². The zero-order valence-electron chi connectivity index (χ0n) is 17.7. The van der Waals surface area contributed by atoms with E-state index in [0.29, 0.717) is 17.5 Å². The summed E-state index contributed by atoms with van der Waals surface area (Å²) in [5, 5.41) is 9.79. The van der Waals surface area contributed by atoms with Crippen LogP contribution in [0, 0.1) is 0 Å². The molecule has 0 N–H and O–H groups in total. The average molecular weight is 437 g/mol. The molecule has 0 spiro atoms. The van der Waals surface area contributed by atoms with Crippen LogP contribution in [0.3, 0.4) is 0 Å². The highest BCUT2D eigenvalue weighted by atomic mass is 35.5. The Morgan fingerprint density at radius 2 is 1.94 bits per heavy atom. The van der Waals surface area contributed by atoms with E-state index in [0.717, 1.165) is 54.6 Å². The van der Waals surface area contributed by atoms with Gasteiger partial charge in [-0.25, -0.2) is 4.98 Å². The summed E-state index contributed by atoms with van der Waals surface area (Å²) in [5.41, 5.74) is 2.04. The first-order valence-corrected chi connectivity index (χ1v) is 11.1. The fourth-order valence-corrected chi connectivity index (χ4v) is 4.95. The van der Waals surface area contributed by atoms with E-state index in [-0.39, 0.29) is 11.9 Å². The van der Waals surface area contributed by atoms with E-state index < -0.39 is 0 Å². The second-order valence-corrected chi connectivity index (χ2v) is 8.72. The normalized spacial score (nSPS) is 19.0. The van der Waals surface area contributed by atoms with E-state index in [4.69, 9.17) is 11.6 Å². The van der Waals surface area contributed by atoms with Crippen LogP contribution >= 0.6 is 11.6 Å². The Morgan fingerprint density at radius 3 is 2.65 bits per heavy atom. The summed E-state index contributed by atoms with van der Waals surface area (Å²) < 4.78 is 2.16. The van der Waals surface area contributed by atoms with Crippen molar-refractivity contribution in [3.8, 4) is 5.69 Å². The lowest BCUT2D eigenvalue weighted by atomic mass is 9.95. The average Bonchev–Trinajstić information content (AvgIpc) is 3.16. The van der Waals surface area contributed by atoms with Crippen LogP contribution in [0.1, 0.15) is 55.9 Å². The predicted molar refractivity (Wildman–Crippen MR) is 119 cm³/mol. The molecule has 1 fully saturated rings. The molecule has 1 amide bonds. The van der Waals surface area contributed by atoms with Gasteiger partial charge in [-0.15, -0.1) is 10.2 Å². The Kier molecular flexibility index (Phi) is 5.14. The van der Waals surface area contributed by atoms with Crippen molar-refractivity contribution in [3.63, 3.8) is 0 Å². The summed E-state index contributed by atoms with van der Waals surface area (Å²) in [6, 6.07) is 11.8. The van der Waals surface area contributed by atoms with Crippen molar-refractivity contribution in [2.75, 3.05) is 18.0 Å². The summed E-state index contributed by atoms with van der Waals surface area (Å²) in [4.78, 5) is 21.0. The molecule has 1 unspecified atom stereocenters. The number of carbonyl (C=O) groups excluding carboxylic acids is 1. The fraction of sp³-hybridized carbons (Fsp3) is 0.391. The van der Waals surface area contributed by atoms with Crippen molar-refractivity contribution >= 4 is 23.3 Å². The number of hydrogen-bond acceptors (Lipinski definition) is 5. The number of carbonyl (C=O) groups is 1. The summed E-state index contributed by atoms with van der Waals surface area (Å²) in [6.07, 6.45) is 3.79. The third-order valence-corrected chi connectivity index (χ3v) is 6.69. The number of nitrogens with zero attached hydrogens (tertiary/aromatic N) is 6. The molecule has 0 bridgehead atoms. The molecule has 31 heavy (non-hydrogen) atoms. The van der Waals surface area contributed by atoms with Crippen LogP contribution in [0.4, 0.5) is 5.82 Å². The van der Waals surface area contributed by atoms with Crippen molar-refractivity contribution in [1.29, 1.82) is 0 Å². The highest BCUT2D eigenvalue weighted by molar-refractivity contribution is 6.30. The molecule has 0 saturated carbocycles. The molecule has 1 atom stereocenters. The Labute approximate surface area is 186 Å². The lowest BCUT2D eigenvalue weighted by Gasteiger charge is -2.32. The molecule has 2 aliphatic rings. The smallest absolute Gasteiger partial charge is 0.220 e. The van der Waals surface area contributed by atoms with Gasteiger partial charge in [0.1, 0.15) is 11.6 Å². The number of amides is 1. The van der Waals surface area contributed by atoms with E-state index in [9.17, 15) is 4.79 Å². The lowest BCUT2D eigenvalue weighted by Crippen LogP contribution is -2.34. The zero-order valence-corrected chi connectivity index (χ0v) is 18.5. The minimum atomic E-state index is -0.0910. The van der Waals surface area contributed by atoms with E-state index in [1.165, 1.54) is 0 Å². The molecule has 4 heterocycles. The van der Waals surface area contributed by atoms with Gasteiger partial charge in [-0.1, -0.05) is 17.7 Å². The first-order valence-electron chi connectivity index (χ1n) is 10.7. The number of rotatable bonds is 2. The minimum Gasteiger partial charge on any atom is -0.357 e. The highest BCUT2D eigenvalue weighted by Crippen LogP contribution is 2.37. The molecule has 160 valence electrons. The maximum Gasteiger partial charge on any atom is 0.220 e. The monoisotopic (exact) mass is 436 g/mol. The van der Waals surface area contributed by atoms with Crippen LogP contribution in [-0.2, 0) is 11.3 Å². The standard InChI is InChI=1S/C23H25ClN6O/c1-15-19-13-18(24)6-7-20(19)30-22(14-29(15)16(2)31)26-27-23(30)17-8-11-28(12-9-17)21-5-3-4-10-25-21/h3-7,10,13,15,17H,8-9,11-12,14H2,1-2H3. The third kappa shape index (κ3) is 3.57. The maximum atomic E-state index is 12.4. The first kappa shape index (κ1) is 20.0. The molecule has 7 nitrogen and oxygen atoms in total. The van der Waals surface area contributed by atoms with Gasteiger partial charge in [0.25, 0.3) is 0 Å². The maximum absolute atomic E-state index is 12.4. The van der Waals surface area contributed by atoms with E-state index >= 15 is 0 Å². The van der Waals surface area contributed by atoms with Crippen LogP contribution in [-0.4, -0.2) is 43.6 Å². The number of pyridine rings is 1. The fourth-order valence-electron chi connectivity index (χ4n) is 4.77. The predicted octanol–water partition coefficient (Wildman–Crippen LogP) is 4.12. The van der Waals surface area contributed by atoms with E-state index in [1.54, 1.807) is 6.92 Å². The molecule has 3 aromatic rings. The molecule has 1 saturated heterocycles. The van der Waals surface area contributed by atoms with Crippen LogP contribution < -0.4 is 4.90 Å². The number of piperidine rings is 1. The van der Waals surface area contributed by atoms with E-state index in [1.807, 2.05) is 48.4 Å². The highest BCUT2D eigenvalue weighted by Gasteiger charge is 2.33. The van der Waals surface area contributed by atoms with Gasteiger partial charge in [-0.05, 0) is 55.7 Å². The Morgan fingerprint density at radius 1 is 1.13 bits per heavy atom. The Hall–Kier alpha value is -2.93. The second kappa shape index (κ2) is 7.96. The molecule has 1 aromatic carbocycles. The van der Waals surface area contributed by atoms with Crippen LogP contribution in [0.25, 0.3) is 5.69 Å². The Balaban J connectivity index is 1.50.